The van der Waals surface area contributed by atoms with E-state index in [0.717, 1.165) is 19.3 Å². The smallest absolute Gasteiger partial charge is 0.229 e. The lowest BCUT2D eigenvalue weighted by Gasteiger charge is -2.29. The summed E-state index contributed by atoms with van der Waals surface area (Å²) in [6.07, 6.45) is 0.951. The maximum atomic E-state index is 13.3. The van der Waals surface area contributed by atoms with Gasteiger partial charge in [0.05, 0.1) is 39.0 Å². The van der Waals surface area contributed by atoms with Crippen molar-refractivity contribution < 1.29 is 26.4 Å². The predicted molar refractivity (Wildman–Crippen MR) is 135 cm³/mol. The molecule has 0 radical (unpaired) electrons. The number of morpholine rings is 1. The first kappa shape index (κ1) is 25.7. The largest absolute Gasteiger partial charge is 0.379 e. The minimum atomic E-state index is -3.61. The molecule has 1 aliphatic rings. The molecule has 0 bridgehead atoms. The van der Waals surface area contributed by atoms with Crippen molar-refractivity contribution in [3.05, 3.63) is 48.5 Å². The number of carbonyl (C=O) groups excluding carboxylic acids is 1. The number of sulfone groups is 2. The molecule has 0 spiro atoms. The van der Waals surface area contributed by atoms with Crippen molar-refractivity contribution in [1.29, 1.82) is 0 Å². The SMILES string of the molecule is CS(=O)(=O)c1ccc2nc(N(CCN3CCOCC3)C(=O)CCS(=O)(=O)c3ccccc3)sc2c1. The number of aromatic nitrogens is 1. The lowest BCUT2D eigenvalue weighted by molar-refractivity contribution is -0.118. The van der Waals surface area contributed by atoms with Crippen molar-refractivity contribution in [2.24, 2.45) is 0 Å². The summed E-state index contributed by atoms with van der Waals surface area (Å²) in [5, 5.41) is 0.418. The van der Waals surface area contributed by atoms with Crippen LogP contribution in [0.15, 0.2) is 58.3 Å². The summed E-state index contributed by atoms with van der Waals surface area (Å²) in [4.78, 5) is 21.9. The summed E-state index contributed by atoms with van der Waals surface area (Å²) < 4.78 is 55.3. The third kappa shape index (κ3) is 6.44. The lowest BCUT2D eigenvalue weighted by Crippen LogP contribution is -2.43. The Morgan fingerprint density at radius 1 is 1.06 bits per heavy atom. The summed E-state index contributed by atoms with van der Waals surface area (Å²) in [5.41, 5.74) is 0.582. The van der Waals surface area contributed by atoms with Crippen LogP contribution < -0.4 is 4.90 Å². The molecular formula is C23H27N3O6S3. The number of benzene rings is 2. The van der Waals surface area contributed by atoms with E-state index < -0.39 is 19.7 Å². The first-order chi connectivity index (χ1) is 16.6. The van der Waals surface area contributed by atoms with Gasteiger partial charge in [0.2, 0.25) is 5.91 Å². The maximum Gasteiger partial charge on any atom is 0.229 e. The molecule has 3 aromatic rings. The van der Waals surface area contributed by atoms with Crippen LogP contribution in [0.25, 0.3) is 10.2 Å². The summed E-state index contributed by atoms with van der Waals surface area (Å²) in [6.45, 7) is 3.68. The van der Waals surface area contributed by atoms with Crippen LogP contribution in [-0.4, -0.2) is 84.0 Å². The number of anilines is 1. The van der Waals surface area contributed by atoms with Crippen LogP contribution >= 0.6 is 11.3 Å². The molecule has 2 heterocycles. The predicted octanol–water partition coefficient (Wildman–Crippen LogP) is 2.23. The number of amides is 1. The number of rotatable bonds is 9. The zero-order valence-electron chi connectivity index (χ0n) is 19.3. The van der Waals surface area contributed by atoms with Crippen LogP contribution in [0.4, 0.5) is 5.13 Å². The Morgan fingerprint density at radius 2 is 1.77 bits per heavy atom. The van der Waals surface area contributed by atoms with E-state index in [-0.39, 0.29) is 27.9 Å². The Hall–Kier alpha value is -2.38. The zero-order valence-corrected chi connectivity index (χ0v) is 21.7. The van der Waals surface area contributed by atoms with Gasteiger partial charge in [-0.1, -0.05) is 29.5 Å². The van der Waals surface area contributed by atoms with Crippen molar-refractivity contribution in [2.45, 2.75) is 16.2 Å². The third-order valence-electron chi connectivity index (χ3n) is 5.74. The number of hydrogen-bond donors (Lipinski definition) is 0. The van der Waals surface area contributed by atoms with E-state index in [2.05, 4.69) is 9.88 Å². The molecular weight excluding hydrogens is 510 g/mol. The molecule has 2 aromatic carbocycles. The Bertz CT molecular complexity index is 1400. The van der Waals surface area contributed by atoms with Crippen molar-refractivity contribution in [1.82, 2.24) is 9.88 Å². The lowest BCUT2D eigenvalue weighted by atomic mass is 10.3. The minimum absolute atomic E-state index is 0.181. The average Bonchev–Trinajstić information content (AvgIpc) is 3.27. The zero-order chi connectivity index (χ0) is 25.1. The summed E-state index contributed by atoms with van der Waals surface area (Å²) in [7, 11) is -7.00. The second-order valence-electron chi connectivity index (χ2n) is 8.28. The Morgan fingerprint density at radius 3 is 2.46 bits per heavy atom. The molecule has 1 aliphatic heterocycles. The first-order valence-corrected chi connectivity index (χ1v) is 15.5. The van der Waals surface area contributed by atoms with E-state index in [1.54, 1.807) is 30.3 Å². The standard InChI is InChI=1S/C23H27N3O6S3/c1-34(28,29)19-7-8-20-21(17-19)33-23(24-20)26(11-10-25-12-14-32-15-13-25)22(27)9-16-35(30,31)18-5-3-2-4-6-18/h2-8,17H,9-16H2,1H3. The van der Waals surface area contributed by atoms with Gasteiger partial charge in [0.25, 0.3) is 0 Å². The topological polar surface area (TPSA) is 114 Å². The molecule has 0 atom stereocenters. The summed E-state index contributed by atoms with van der Waals surface area (Å²) in [6, 6.07) is 12.7. The normalized spacial score (nSPS) is 15.3. The fraction of sp³-hybridized carbons (Fsp3) is 0.391. The fourth-order valence-corrected chi connectivity index (χ4v) is 6.76. The maximum absolute atomic E-state index is 13.3. The van der Waals surface area contributed by atoms with Gasteiger partial charge in [0, 0.05) is 38.9 Å². The summed E-state index contributed by atoms with van der Waals surface area (Å²) >= 11 is 1.22. The monoisotopic (exact) mass is 537 g/mol. The molecule has 0 unspecified atom stereocenters. The molecule has 1 amide bonds. The molecule has 35 heavy (non-hydrogen) atoms. The number of thiazole rings is 1. The van der Waals surface area contributed by atoms with Gasteiger partial charge in [0.15, 0.2) is 24.8 Å². The minimum Gasteiger partial charge on any atom is -0.379 e. The van der Waals surface area contributed by atoms with Gasteiger partial charge >= 0.3 is 0 Å². The molecule has 1 aromatic heterocycles. The van der Waals surface area contributed by atoms with Gasteiger partial charge in [-0.05, 0) is 30.3 Å². The third-order valence-corrected chi connectivity index (χ3v) is 9.62. The fourth-order valence-electron chi connectivity index (χ4n) is 3.73. The average molecular weight is 538 g/mol. The second-order valence-corrected chi connectivity index (χ2v) is 13.4. The highest BCUT2D eigenvalue weighted by molar-refractivity contribution is 7.91. The van der Waals surface area contributed by atoms with Crippen LogP contribution in [0.3, 0.4) is 0 Å². The Balaban J connectivity index is 1.57. The Kier molecular flexibility index (Phi) is 7.86. The second kappa shape index (κ2) is 10.7. The molecule has 0 aliphatic carbocycles. The number of nitrogens with zero attached hydrogens (tertiary/aromatic N) is 3. The van der Waals surface area contributed by atoms with Crippen molar-refractivity contribution in [3.63, 3.8) is 0 Å². The van der Waals surface area contributed by atoms with E-state index in [1.807, 2.05) is 0 Å². The highest BCUT2D eigenvalue weighted by Gasteiger charge is 2.24. The Labute approximate surface area is 209 Å². The molecule has 188 valence electrons. The van der Waals surface area contributed by atoms with Crippen molar-refractivity contribution in [2.75, 3.05) is 56.3 Å². The van der Waals surface area contributed by atoms with Crippen LogP contribution in [0.2, 0.25) is 0 Å². The highest BCUT2D eigenvalue weighted by atomic mass is 32.2. The van der Waals surface area contributed by atoms with E-state index in [1.165, 1.54) is 34.4 Å². The van der Waals surface area contributed by atoms with Crippen molar-refractivity contribution in [3.8, 4) is 0 Å². The number of hydrogen-bond acceptors (Lipinski definition) is 9. The molecule has 1 saturated heterocycles. The number of carbonyl (C=O) groups is 1. The summed E-state index contributed by atoms with van der Waals surface area (Å²) in [5.74, 6) is -0.660. The quantitative estimate of drug-likeness (QED) is 0.408. The van der Waals surface area contributed by atoms with Crippen LogP contribution in [-0.2, 0) is 29.2 Å². The van der Waals surface area contributed by atoms with Gasteiger partial charge < -0.3 is 4.74 Å². The van der Waals surface area contributed by atoms with Crippen LogP contribution in [0.1, 0.15) is 6.42 Å². The van der Waals surface area contributed by atoms with Gasteiger partial charge in [0.1, 0.15) is 0 Å². The van der Waals surface area contributed by atoms with Gasteiger partial charge in [-0.2, -0.15) is 0 Å². The van der Waals surface area contributed by atoms with E-state index >= 15 is 0 Å². The van der Waals surface area contributed by atoms with Crippen LogP contribution in [0.5, 0.6) is 0 Å². The van der Waals surface area contributed by atoms with Gasteiger partial charge in [-0.3, -0.25) is 14.6 Å². The number of ether oxygens (including phenoxy) is 1. The molecule has 1 fully saturated rings. The first-order valence-electron chi connectivity index (χ1n) is 11.1. The van der Waals surface area contributed by atoms with E-state index in [9.17, 15) is 21.6 Å². The number of fused-ring (bicyclic) bond motifs is 1. The van der Waals surface area contributed by atoms with E-state index in [0.29, 0.717) is 41.7 Å². The highest BCUT2D eigenvalue weighted by Crippen LogP contribution is 2.31. The van der Waals surface area contributed by atoms with Gasteiger partial charge in [-0.15, -0.1) is 0 Å². The van der Waals surface area contributed by atoms with Crippen LogP contribution in [0, 0.1) is 0 Å². The molecule has 4 rings (SSSR count). The van der Waals surface area contributed by atoms with E-state index in [4.69, 9.17) is 4.74 Å². The van der Waals surface area contributed by atoms with Crippen molar-refractivity contribution >= 4 is 52.3 Å². The van der Waals surface area contributed by atoms with Gasteiger partial charge in [-0.25, -0.2) is 21.8 Å². The molecule has 0 N–H and O–H groups in total. The molecule has 12 heteroatoms. The molecule has 9 nitrogen and oxygen atoms in total. The molecule has 0 saturated carbocycles.